The van der Waals surface area contributed by atoms with Crippen LogP contribution in [0.2, 0.25) is 0 Å². The van der Waals surface area contributed by atoms with Gasteiger partial charge in [0.15, 0.2) is 0 Å². The molecule has 3 heteroatoms. The number of nitrogens with zero attached hydrogens (tertiary/aromatic N) is 1. The van der Waals surface area contributed by atoms with Gasteiger partial charge in [0, 0.05) is 38.8 Å². The van der Waals surface area contributed by atoms with Gasteiger partial charge in [-0.25, -0.2) is 0 Å². The minimum absolute atomic E-state index is 0.667. The maximum Gasteiger partial charge on any atom is 0.0167 e. The maximum atomic E-state index is 3.43. The first-order valence-corrected chi connectivity index (χ1v) is 4.43. The van der Waals surface area contributed by atoms with E-state index in [2.05, 4.69) is 22.5 Å². The van der Waals surface area contributed by atoms with E-state index >= 15 is 0 Å². The van der Waals surface area contributed by atoms with Crippen molar-refractivity contribution in [2.75, 3.05) is 39.8 Å². The molecule has 0 radical (unpaired) electrons. The van der Waals surface area contributed by atoms with Gasteiger partial charge in [-0.2, -0.15) is 0 Å². The minimum atomic E-state index is 0.667. The Morgan fingerprint density at radius 3 is 3.09 bits per heavy atom. The molecule has 0 aromatic heterocycles. The average Bonchev–Trinajstić information content (AvgIpc) is 2.01. The summed E-state index contributed by atoms with van der Waals surface area (Å²) in [6.45, 7) is 8.07. The van der Waals surface area contributed by atoms with Crippen molar-refractivity contribution in [1.82, 2.24) is 15.5 Å². The van der Waals surface area contributed by atoms with Crippen molar-refractivity contribution in [2.45, 2.75) is 13.0 Å². The van der Waals surface area contributed by atoms with Crippen LogP contribution in [0.25, 0.3) is 0 Å². The van der Waals surface area contributed by atoms with Crippen molar-refractivity contribution in [3.63, 3.8) is 0 Å². The summed E-state index contributed by atoms with van der Waals surface area (Å²) in [6.07, 6.45) is 0. The molecule has 0 aliphatic carbocycles. The molecule has 2 N–H and O–H groups in total. The van der Waals surface area contributed by atoms with Crippen molar-refractivity contribution in [2.24, 2.45) is 0 Å². The number of nitrogens with one attached hydrogen (secondary N) is 2. The number of hydrogen-bond acceptors (Lipinski definition) is 3. The molecule has 1 aliphatic heterocycles. The van der Waals surface area contributed by atoms with Crippen LogP contribution in [-0.4, -0.2) is 50.7 Å². The summed E-state index contributed by atoms with van der Waals surface area (Å²) < 4.78 is 0. The lowest BCUT2D eigenvalue weighted by molar-refractivity contribution is 0.209. The molecule has 0 aromatic carbocycles. The third-order valence-electron chi connectivity index (χ3n) is 2.13. The van der Waals surface area contributed by atoms with Crippen LogP contribution in [0.5, 0.6) is 0 Å². The number of piperazine rings is 1. The Morgan fingerprint density at radius 2 is 2.45 bits per heavy atom. The molecule has 1 heterocycles. The third-order valence-corrected chi connectivity index (χ3v) is 2.13. The lowest BCUT2D eigenvalue weighted by Crippen LogP contribution is -2.50. The molecule has 0 spiro atoms. The highest BCUT2D eigenvalue weighted by Crippen LogP contribution is 1.96. The van der Waals surface area contributed by atoms with Gasteiger partial charge in [0.05, 0.1) is 0 Å². The summed E-state index contributed by atoms with van der Waals surface area (Å²) in [5.41, 5.74) is 0. The lowest BCUT2D eigenvalue weighted by atomic mass is 10.2. The predicted octanol–water partition coefficient (Wildman–Crippen LogP) is -0.500. The van der Waals surface area contributed by atoms with Crippen LogP contribution < -0.4 is 10.6 Å². The molecule has 11 heavy (non-hydrogen) atoms. The zero-order valence-corrected chi connectivity index (χ0v) is 7.56. The van der Waals surface area contributed by atoms with E-state index in [0.29, 0.717) is 6.04 Å². The topological polar surface area (TPSA) is 27.3 Å². The summed E-state index contributed by atoms with van der Waals surface area (Å²) >= 11 is 0. The van der Waals surface area contributed by atoms with Gasteiger partial charge in [-0.1, -0.05) is 0 Å². The first-order chi connectivity index (χ1) is 5.33. The summed E-state index contributed by atoms with van der Waals surface area (Å²) in [4.78, 5) is 2.50. The molecule has 66 valence electrons. The first-order valence-electron chi connectivity index (χ1n) is 4.43. The second-order valence-corrected chi connectivity index (χ2v) is 3.26. The van der Waals surface area contributed by atoms with Crippen molar-refractivity contribution < 1.29 is 0 Å². The van der Waals surface area contributed by atoms with E-state index in [0.717, 1.165) is 13.1 Å². The molecule has 3 nitrogen and oxygen atoms in total. The van der Waals surface area contributed by atoms with E-state index in [9.17, 15) is 0 Å². The second-order valence-electron chi connectivity index (χ2n) is 3.26. The Bertz CT molecular complexity index is 106. The minimum Gasteiger partial charge on any atom is -0.318 e. The number of likely N-dealkylation sites (N-methyl/N-ethyl adjacent to an activating group) is 1. The lowest BCUT2D eigenvalue weighted by Gasteiger charge is -2.31. The molecule has 1 saturated heterocycles. The largest absolute Gasteiger partial charge is 0.318 e. The van der Waals surface area contributed by atoms with Crippen LogP contribution in [0.1, 0.15) is 6.92 Å². The standard InChI is InChI=1S/C8H19N3/c1-8-7-11(5-3-9-2)6-4-10-8/h8-10H,3-7H2,1-2H3. The Morgan fingerprint density at radius 1 is 1.64 bits per heavy atom. The summed E-state index contributed by atoms with van der Waals surface area (Å²) in [6, 6.07) is 0.667. The highest BCUT2D eigenvalue weighted by Gasteiger charge is 2.13. The van der Waals surface area contributed by atoms with Crippen molar-refractivity contribution in [3.05, 3.63) is 0 Å². The Balaban J connectivity index is 2.12. The zero-order chi connectivity index (χ0) is 8.10. The molecule has 0 aromatic rings. The molecule has 1 rings (SSSR count). The smallest absolute Gasteiger partial charge is 0.0167 e. The van der Waals surface area contributed by atoms with E-state index in [1.807, 2.05) is 7.05 Å². The number of hydrogen-bond donors (Lipinski definition) is 2. The van der Waals surface area contributed by atoms with E-state index in [1.54, 1.807) is 0 Å². The summed E-state index contributed by atoms with van der Waals surface area (Å²) in [5.74, 6) is 0. The zero-order valence-electron chi connectivity index (χ0n) is 7.56. The molecule has 0 amide bonds. The predicted molar refractivity (Wildman–Crippen MR) is 47.8 cm³/mol. The molecule has 0 saturated carbocycles. The van der Waals surface area contributed by atoms with E-state index in [4.69, 9.17) is 0 Å². The monoisotopic (exact) mass is 157 g/mol. The Kier molecular flexibility index (Phi) is 3.83. The molecule has 1 aliphatic rings. The Hall–Kier alpha value is -0.120. The van der Waals surface area contributed by atoms with Crippen LogP contribution in [0, 0.1) is 0 Å². The average molecular weight is 157 g/mol. The van der Waals surface area contributed by atoms with Crippen LogP contribution in [0.15, 0.2) is 0 Å². The molecule has 1 unspecified atom stereocenters. The molecular formula is C8H19N3. The second kappa shape index (κ2) is 4.70. The van der Waals surface area contributed by atoms with Crippen molar-refractivity contribution >= 4 is 0 Å². The fourth-order valence-electron chi connectivity index (χ4n) is 1.49. The quantitative estimate of drug-likeness (QED) is 0.578. The number of rotatable bonds is 3. The van der Waals surface area contributed by atoms with Gasteiger partial charge in [0.25, 0.3) is 0 Å². The van der Waals surface area contributed by atoms with E-state index < -0.39 is 0 Å². The molecule has 1 fully saturated rings. The van der Waals surface area contributed by atoms with E-state index in [-0.39, 0.29) is 0 Å². The molecular weight excluding hydrogens is 138 g/mol. The van der Waals surface area contributed by atoms with Gasteiger partial charge in [0.2, 0.25) is 0 Å². The van der Waals surface area contributed by atoms with Crippen LogP contribution in [-0.2, 0) is 0 Å². The van der Waals surface area contributed by atoms with Crippen LogP contribution >= 0.6 is 0 Å². The SMILES string of the molecule is CNCCN1CCNC(C)C1. The van der Waals surface area contributed by atoms with Crippen LogP contribution in [0.3, 0.4) is 0 Å². The molecule has 0 bridgehead atoms. The van der Waals surface area contributed by atoms with Gasteiger partial charge in [-0.15, -0.1) is 0 Å². The summed E-state index contributed by atoms with van der Waals surface area (Å²) in [7, 11) is 2.01. The van der Waals surface area contributed by atoms with Crippen LogP contribution in [0.4, 0.5) is 0 Å². The van der Waals surface area contributed by atoms with Gasteiger partial charge in [-0.3, -0.25) is 4.90 Å². The normalized spacial score (nSPS) is 27.3. The van der Waals surface area contributed by atoms with Gasteiger partial charge < -0.3 is 10.6 Å². The fourth-order valence-corrected chi connectivity index (χ4v) is 1.49. The maximum absolute atomic E-state index is 3.43. The highest BCUT2D eigenvalue weighted by atomic mass is 15.2. The van der Waals surface area contributed by atoms with Crippen molar-refractivity contribution in [3.8, 4) is 0 Å². The molecule has 1 atom stereocenters. The van der Waals surface area contributed by atoms with E-state index in [1.165, 1.54) is 19.6 Å². The van der Waals surface area contributed by atoms with Gasteiger partial charge in [0.1, 0.15) is 0 Å². The van der Waals surface area contributed by atoms with Gasteiger partial charge >= 0.3 is 0 Å². The van der Waals surface area contributed by atoms with Crippen molar-refractivity contribution in [1.29, 1.82) is 0 Å². The fraction of sp³-hybridized carbons (Fsp3) is 1.00. The third kappa shape index (κ3) is 3.18. The highest BCUT2D eigenvalue weighted by molar-refractivity contribution is 4.74. The summed E-state index contributed by atoms with van der Waals surface area (Å²) in [5, 5.41) is 6.59. The van der Waals surface area contributed by atoms with Gasteiger partial charge in [-0.05, 0) is 14.0 Å². The Labute approximate surface area is 69.1 Å². The first kappa shape index (κ1) is 8.97.